The van der Waals surface area contributed by atoms with Gasteiger partial charge in [-0.25, -0.2) is 4.98 Å². The van der Waals surface area contributed by atoms with Crippen LogP contribution in [0.4, 0.5) is 5.95 Å². The molecule has 4 heterocycles. The van der Waals surface area contributed by atoms with Gasteiger partial charge in [-0.1, -0.05) is 60.1 Å². The summed E-state index contributed by atoms with van der Waals surface area (Å²) in [6, 6.07) is 21.9. The third-order valence-corrected chi connectivity index (χ3v) is 8.60. The Hall–Kier alpha value is -3.22. The molecular formula is C30H30ClN5O. The van der Waals surface area contributed by atoms with Gasteiger partial charge in [0, 0.05) is 58.4 Å². The van der Waals surface area contributed by atoms with E-state index in [4.69, 9.17) is 16.6 Å². The zero-order chi connectivity index (χ0) is 24.9. The summed E-state index contributed by atoms with van der Waals surface area (Å²) in [5.41, 5.74) is 3.44. The predicted molar refractivity (Wildman–Crippen MR) is 148 cm³/mol. The van der Waals surface area contributed by atoms with Crippen LogP contribution in [0.25, 0.3) is 22.2 Å². The zero-order valence-electron chi connectivity index (χ0n) is 20.7. The molecule has 0 spiro atoms. The lowest BCUT2D eigenvalue weighted by Crippen LogP contribution is -2.46. The molecule has 7 heteroatoms. The van der Waals surface area contributed by atoms with E-state index in [0.717, 1.165) is 43.2 Å². The van der Waals surface area contributed by atoms with Crippen molar-refractivity contribution in [1.29, 1.82) is 0 Å². The number of fused-ring (bicyclic) bond motifs is 3. The van der Waals surface area contributed by atoms with Crippen molar-refractivity contribution >= 4 is 28.6 Å². The number of rotatable bonds is 6. The number of pyridine rings is 1. The zero-order valence-corrected chi connectivity index (χ0v) is 21.4. The smallest absolute Gasteiger partial charge is 0.260 e. The van der Waals surface area contributed by atoms with Crippen LogP contribution >= 0.6 is 11.6 Å². The van der Waals surface area contributed by atoms with Crippen molar-refractivity contribution in [3.63, 3.8) is 0 Å². The molecule has 4 aromatic rings. The maximum atomic E-state index is 13.6. The molecule has 2 aromatic carbocycles. The van der Waals surface area contributed by atoms with Crippen molar-refractivity contribution in [3.8, 4) is 11.1 Å². The van der Waals surface area contributed by atoms with Gasteiger partial charge in [0.25, 0.3) is 5.56 Å². The Morgan fingerprint density at radius 2 is 1.59 bits per heavy atom. The number of piperidine rings is 1. The third kappa shape index (κ3) is 4.32. The Balaban J connectivity index is 1.16. The van der Waals surface area contributed by atoms with E-state index in [0.29, 0.717) is 40.3 Å². The molecule has 7 rings (SSSR count). The average molecular weight is 512 g/mol. The second-order valence-electron chi connectivity index (χ2n) is 10.8. The second kappa shape index (κ2) is 9.26. The van der Waals surface area contributed by atoms with Gasteiger partial charge in [0.1, 0.15) is 5.65 Å². The largest absolute Gasteiger partial charge is 0.351 e. The molecule has 2 bridgehead atoms. The van der Waals surface area contributed by atoms with Crippen molar-refractivity contribution in [3.05, 3.63) is 87.8 Å². The monoisotopic (exact) mass is 511 g/mol. The molecule has 0 radical (unpaired) electrons. The summed E-state index contributed by atoms with van der Waals surface area (Å²) in [6.45, 7) is 1.02. The Kier molecular flexibility index (Phi) is 5.74. The predicted octanol–water partition coefficient (Wildman–Crippen LogP) is 6.05. The fourth-order valence-corrected chi connectivity index (χ4v) is 6.60. The standard InChI is InChI=1S/C30H30ClN5O/c31-27-9-5-4-8-25(27)26-14-20-17-32-30(34-28(20)36(29(26)37)22-10-11-22)33-21-15-23-12-13-24(16-21)35(23)18-19-6-2-1-3-7-19/h1-9,14,17,21-24H,10-13,15-16,18H2,(H,32,33,34). The first-order valence-corrected chi connectivity index (χ1v) is 13.8. The molecule has 3 fully saturated rings. The lowest BCUT2D eigenvalue weighted by Gasteiger charge is -2.39. The van der Waals surface area contributed by atoms with Gasteiger partial charge in [-0.2, -0.15) is 4.98 Å². The van der Waals surface area contributed by atoms with Crippen LogP contribution < -0.4 is 10.9 Å². The van der Waals surface area contributed by atoms with Crippen molar-refractivity contribution < 1.29 is 0 Å². The quantitative estimate of drug-likeness (QED) is 0.341. The van der Waals surface area contributed by atoms with Gasteiger partial charge in [0.15, 0.2) is 0 Å². The van der Waals surface area contributed by atoms with E-state index in [1.807, 2.05) is 41.1 Å². The fourth-order valence-electron chi connectivity index (χ4n) is 6.36. The molecule has 1 aliphatic carbocycles. The summed E-state index contributed by atoms with van der Waals surface area (Å²) < 4.78 is 1.87. The van der Waals surface area contributed by atoms with Gasteiger partial charge in [-0.15, -0.1) is 0 Å². The first kappa shape index (κ1) is 22.9. The van der Waals surface area contributed by atoms with Crippen LogP contribution in [0.15, 0.2) is 71.7 Å². The fraction of sp³-hybridized carbons (Fsp3) is 0.367. The molecule has 37 heavy (non-hydrogen) atoms. The Morgan fingerprint density at radius 3 is 2.32 bits per heavy atom. The number of benzene rings is 2. The minimum atomic E-state index is -0.0278. The lowest BCUT2D eigenvalue weighted by atomic mass is 9.96. The van der Waals surface area contributed by atoms with Gasteiger partial charge in [0.2, 0.25) is 5.95 Å². The maximum Gasteiger partial charge on any atom is 0.260 e. The summed E-state index contributed by atoms with van der Waals surface area (Å²) in [5, 5.41) is 5.08. The van der Waals surface area contributed by atoms with Gasteiger partial charge in [-0.3, -0.25) is 14.3 Å². The molecule has 6 nitrogen and oxygen atoms in total. The summed E-state index contributed by atoms with van der Waals surface area (Å²) >= 11 is 6.45. The Labute approximate surface area is 221 Å². The van der Waals surface area contributed by atoms with Crippen molar-refractivity contribution in [2.24, 2.45) is 0 Å². The molecule has 2 atom stereocenters. The number of nitrogens with zero attached hydrogens (tertiary/aromatic N) is 4. The van der Waals surface area contributed by atoms with Crippen LogP contribution in [-0.4, -0.2) is 37.6 Å². The summed E-state index contributed by atoms with van der Waals surface area (Å²) in [4.78, 5) is 25.9. The molecule has 2 aliphatic heterocycles. The van der Waals surface area contributed by atoms with Gasteiger partial charge >= 0.3 is 0 Å². The highest BCUT2D eigenvalue weighted by Crippen LogP contribution is 2.39. The Bertz CT molecular complexity index is 1500. The van der Waals surface area contributed by atoms with E-state index < -0.39 is 0 Å². The lowest BCUT2D eigenvalue weighted by molar-refractivity contribution is 0.124. The van der Waals surface area contributed by atoms with E-state index in [9.17, 15) is 4.79 Å². The molecule has 3 aliphatic rings. The Morgan fingerprint density at radius 1 is 0.892 bits per heavy atom. The molecule has 1 N–H and O–H groups in total. The van der Waals surface area contributed by atoms with Gasteiger partial charge in [0.05, 0.1) is 0 Å². The summed E-state index contributed by atoms with van der Waals surface area (Å²) in [6.07, 6.45) is 8.52. The highest BCUT2D eigenvalue weighted by molar-refractivity contribution is 6.33. The van der Waals surface area contributed by atoms with Crippen LogP contribution in [0.5, 0.6) is 0 Å². The number of anilines is 1. The normalized spacial score (nSPS) is 23.4. The van der Waals surface area contributed by atoms with Gasteiger partial charge in [-0.05, 0) is 56.2 Å². The molecule has 2 unspecified atom stereocenters. The highest BCUT2D eigenvalue weighted by Gasteiger charge is 2.40. The molecule has 188 valence electrons. The van der Waals surface area contributed by atoms with Crippen LogP contribution in [0.3, 0.4) is 0 Å². The third-order valence-electron chi connectivity index (χ3n) is 8.27. The first-order valence-electron chi connectivity index (χ1n) is 13.4. The van der Waals surface area contributed by atoms with Gasteiger partial charge < -0.3 is 5.32 Å². The van der Waals surface area contributed by atoms with Crippen molar-refractivity contribution in [2.45, 2.75) is 69.2 Å². The van der Waals surface area contributed by atoms with Crippen LogP contribution in [-0.2, 0) is 6.54 Å². The minimum absolute atomic E-state index is 0.0278. The van der Waals surface area contributed by atoms with E-state index >= 15 is 0 Å². The molecule has 2 aromatic heterocycles. The van der Waals surface area contributed by atoms with E-state index in [2.05, 4.69) is 45.5 Å². The first-order chi connectivity index (χ1) is 18.1. The number of aromatic nitrogens is 3. The summed E-state index contributed by atoms with van der Waals surface area (Å²) in [7, 11) is 0. The van der Waals surface area contributed by atoms with Crippen LogP contribution in [0.2, 0.25) is 5.02 Å². The van der Waals surface area contributed by atoms with Crippen molar-refractivity contribution in [2.75, 3.05) is 5.32 Å². The highest BCUT2D eigenvalue weighted by atomic mass is 35.5. The molecule has 0 amide bonds. The topological polar surface area (TPSA) is 63.1 Å². The number of hydrogen-bond donors (Lipinski definition) is 1. The number of halogens is 1. The van der Waals surface area contributed by atoms with Crippen LogP contribution in [0, 0.1) is 0 Å². The van der Waals surface area contributed by atoms with E-state index in [-0.39, 0.29) is 11.6 Å². The SMILES string of the molecule is O=c1c(-c2ccccc2Cl)cc2cnc(NC3CC4CCC(C3)N4Cc3ccccc3)nc2n1C1CC1. The average Bonchev–Trinajstić information content (AvgIpc) is 3.71. The number of hydrogen-bond acceptors (Lipinski definition) is 5. The van der Waals surface area contributed by atoms with E-state index in [1.165, 1.54) is 18.4 Å². The van der Waals surface area contributed by atoms with Crippen LogP contribution in [0.1, 0.15) is 50.1 Å². The minimum Gasteiger partial charge on any atom is -0.351 e. The maximum absolute atomic E-state index is 13.6. The molecule has 2 saturated heterocycles. The molecule has 1 saturated carbocycles. The molecular weight excluding hydrogens is 482 g/mol. The number of nitrogens with one attached hydrogen (secondary N) is 1. The van der Waals surface area contributed by atoms with E-state index in [1.54, 1.807) is 0 Å². The van der Waals surface area contributed by atoms with Crippen molar-refractivity contribution in [1.82, 2.24) is 19.4 Å². The second-order valence-corrected chi connectivity index (χ2v) is 11.2. The summed E-state index contributed by atoms with van der Waals surface area (Å²) in [5.74, 6) is 0.618.